The number of methoxy groups -OCH3 is 2. The standard InChI is InChI=1S/C13H14N2O2S/c1-16-8-12-14-10(7-13(18)15-12)9-5-3-4-6-11(9)17-2/h3-7H,8H2,1-2H3,(H,14,15,18). The summed E-state index contributed by atoms with van der Waals surface area (Å²) in [6, 6.07) is 9.56. The lowest BCUT2D eigenvalue weighted by Crippen LogP contribution is -1.99. The fraction of sp³-hybridized carbons (Fsp3) is 0.231. The van der Waals surface area contributed by atoms with Crippen LogP contribution in [0.3, 0.4) is 0 Å². The molecule has 0 atom stereocenters. The van der Waals surface area contributed by atoms with Gasteiger partial charge in [0.15, 0.2) is 0 Å². The summed E-state index contributed by atoms with van der Waals surface area (Å²) in [5.41, 5.74) is 1.82. The molecule has 5 heteroatoms. The molecule has 0 amide bonds. The lowest BCUT2D eigenvalue weighted by molar-refractivity contribution is 0.177. The molecule has 0 saturated heterocycles. The number of para-hydroxylation sites is 1. The van der Waals surface area contributed by atoms with Crippen molar-refractivity contribution < 1.29 is 9.47 Å². The van der Waals surface area contributed by atoms with E-state index in [2.05, 4.69) is 9.97 Å². The molecule has 0 bridgehead atoms. The van der Waals surface area contributed by atoms with Crippen molar-refractivity contribution in [2.45, 2.75) is 6.61 Å². The van der Waals surface area contributed by atoms with E-state index in [1.54, 1.807) is 14.2 Å². The van der Waals surface area contributed by atoms with Crippen molar-refractivity contribution in [3.8, 4) is 17.0 Å². The van der Waals surface area contributed by atoms with Crippen molar-refractivity contribution in [3.05, 3.63) is 40.8 Å². The second-order valence-corrected chi connectivity index (χ2v) is 4.13. The van der Waals surface area contributed by atoms with Gasteiger partial charge in [-0.2, -0.15) is 0 Å². The van der Waals surface area contributed by atoms with Crippen molar-refractivity contribution in [1.82, 2.24) is 9.97 Å². The Hall–Kier alpha value is -1.72. The zero-order chi connectivity index (χ0) is 13.0. The molecule has 94 valence electrons. The van der Waals surface area contributed by atoms with E-state index in [0.29, 0.717) is 17.1 Å². The van der Waals surface area contributed by atoms with Gasteiger partial charge in [0.2, 0.25) is 0 Å². The van der Waals surface area contributed by atoms with E-state index in [4.69, 9.17) is 21.7 Å². The molecule has 2 aromatic rings. The predicted molar refractivity (Wildman–Crippen MR) is 72.1 cm³/mol. The average molecular weight is 262 g/mol. The van der Waals surface area contributed by atoms with Gasteiger partial charge in [-0.15, -0.1) is 0 Å². The van der Waals surface area contributed by atoms with E-state index in [1.807, 2.05) is 30.3 Å². The van der Waals surface area contributed by atoms with Crippen LogP contribution in [0.25, 0.3) is 11.3 Å². The lowest BCUT2D eigenvalue weighted by atomic mass is 10.1. The monoisotopic (exact) mass is 262 g/mol. The molecule has 0 radical (unpaired) electrons. The molecular formula is C13H14N2O2S. The summed E-state index contributed by atoms with van der Waals surface area (Å²) >= 11 is 5.15. The summed E-state index contributed by atoms with van der Waals surface area (Å²) in [5.74, 6) is 1.49. The average Bonchev–Trinajstić information content (AvgIpc) is 2.38. The number of ether oxygens (including phenoxy) is 2. The van der Waals surface area contributed by atoms with Crippen LogP contribution in [0.15, 0.2) is 30.3 Å². The van der Waals surface area contributed by atoms with Crippen molar-refractivity contribution in [3.63, 3.8) is 0 Å². The zero-order valence-corrected chi connectivity index (χ0v) is 11.1. The fourth-order valence-corrected chi connectivity index (χ4v) is 1.95. The number of benzene rings is 1. The number of nitrogens with zero attached hydrogens (tertiary/aromatic N) is 1. The van der Waals surface area contributed by atoms with Crippen LogP contribution in [0.1, 0.15) is 5.82 Å². The van der Waals surface area contributed by atoms with E-state index in [0.717, 1.165) is 17.0 Å². The highest BCUT2D eigenvalue weighted by Gasteiger charge is 2.07. The molecule has 4 nitrogen and oxygen atoms in total. The summed E-state index contributed by atoms with van der Waals surface area (Å²) < 4.78 is 10.9. The highest BCUT2D eigenvalue weighted by atomic mass is 32.1. The number of hydrogen-bond acceptors (Lipinski definition) is 4. The van der Waals surface area contributed by atoms with Crippen LogP contribution in [0.2, 0.25) is 0 Å². The van der Waals surface area contributed by atoms with Gasteiger partial charge >= 0.3 is 0 Å². The highest BCUT2D eigenvalue weighted by molar-refractivity contribution is 7.71. The third-order valence-electron chi connectivity index (χ3n) is 2.47. The summed E-state index contributed by atoms with van der Waals surface area (Å²) in [7, 11) is 3.26. The minimum atomic E-state index is 0.395. The van der Waals surface area contributed by atoms with Gasteiger partial charge in [0.05, 0.1) is 12.8 Å². The first kappa shape index (κ1) is 12.7. The van der Waals surface area contributed by atoms with Crippen molar-refractivity contribution in [2.24, 2.45) is 0 Å². The van der Waals surface area contributed by atoms with Crippen LogP contribution in [-0.2, 0) is 11.3 Å². The largest absolute Gasteiger partial charge is 0.496 e. The second-order valence-electron chi connectivity index (χ2n) is 3.71. The van der Waals surface area contributed by atoms with E-state index < -0.39 is 0 Å². The van der Waals surface area contributed by atoms with E-state index in [9.17, 15) is 0 Å². The molecule has 1 aromatic carbocycles. The minimum Gasteiger partial charge on any atom is -0.496 e. The molecule has 1 N–H and O–H groups in total. The van der Waals surface area contributed by atoms with Crippen molar-refractivity contribution in [1.29, 1.82) is 0 Å². The minimum absolute atomic E-state index is 0.395. The quantitative estimate of drug-likeness (QED) is 0.861. The molecule has 1 heterocycles. The van der Waals surface area contributed by atoms with Crippen LogP contribution in [-0.4, -0.2) is 24.2 Å². The maximum atomic E-state index is 5.33. The molecule has 1 aromatic heterocycles. The topological polar surface area (TPSA) is 47.1 Å². The Bertz CT molecular complexity index is 596. The van der Waals surface area contributed by atoms with Gasteiger partial charge in [-0.25, -0.2) is 4.98 Å². The SMILES string of the molecule is COCc1nc(=S)cc(-c2ccccc2OC)[nH]1. The summed E-state index contributed by atoms with van der Waals surface area (Å²) in [6.07, 6.45) is 0. The Labute approximate surface area is 111 Å². The van der Waals surface area contributed by atoms with Crippen molar-refractivity contribution >= 4 is 12.2 Å². The highest BCUT2D eigenvalue weighted by Crippen LogP contribution is 2.27. The fourth-order valence-electron chi connectivity index (χ4n) is 1.73. The maximum Gasteiger partial charge on any atom is 0.134 e. The Kier molecular flexibility index (Phi) is 4.07. The van der Waals surface area contributed by atoms with Crippen LogP contribution in [0, 0.1) is 4.64 Å². The number of aromatic amines is 1. The van der Waals surface area contributed by atoms with Gasteiger partial charge in [0, 0.05) is 12.7 Å². The molecule has 0 aliphatic heterocycles. The molecule has 2 rings (SSSR count). The maximum absolute atomic E-state index is 5.33. The normalized spacial score (nSPS) is 10.3. The molecule has 0 saturated carbocycles. The number of aromatic nitrogens is 2. The van der Waals surface area contributed by atoms with E-state index in [-0.39, 0.29) is 0 Å². The van der Waals surface area contributed by atoms with Gasteiger partial charge in [0.25, 0.3) is 0 Å². The second kappa shape index (κ2) is 5.75. The number of nitrogens with one attached hydrogen (secondary N) is 1. The molecule has 18 heavy (non-hydrogen) atoms. The first-order valence-electron chi connectivity index (χ1n) is 5.47. The van der Waals surface area contributed by atoms with E-state index in [1.165, 1.54) is 0 Å². The van der Waals surface area contributed by atoms with Gasteiger partial charge in [-0.3, -0.25) is 0 Å². The summed E-state index contributed by atoms with van der Waals surface area (Å²) in [5, 5.41) is 0. The smallest absolute Gasteiger partial charge is 0.134 e. The third-order valence-corrected chi connectivity index (χ3v) is 2.68. The van der Waals surface area contributed by atoms with Crippen LogP contribution in [0.5, 0.6) is 5.75 Å². The predicted octanol–water partition coefficient (Wildman–Crippen LogP) is 2.96. The summed E-state index contributed by atoms with van der Waals surface area (Å²) in [4.78, 5) is 7.39. The van der Waals surface area contributed by atoms with Gasteiger partial charge in [-0.05, 0) is 18.2 Å². The van der Waals surface area contributed by atoms with Crippen molar-refractivity contribution in [2.75, 3.05) is 14.2 Å². The number of H-pyrrole nitrogens is 1. The molecule has 0 unspecified atom stereocenters. The summed E-state index contributed by atoms with van der Waals surface area (Å²) in [6.45, 7) is 0.395. The van der Waals surface area contributed by atoms with Crippen LogP contribution < -0.4 is 4.74 Å². The lowest BCUT2D eigenvalue weighted by Gasteiger charge is -2.09. The van der Waals surface area contributed by atoms with Gasteiger partial charge < -0.3 is 14.5 Å². The first-order valence-corrected chi connectivity index (χ1v) is 5.88. The van der Waals surface area contributed by atoms with Crippen LogP contribution >= 0.6 is 12.2 Å². The Morgan fingerprint density at radius 1 is 1.28 bits per heavy atom. The Morgan fingerprint density at radius 2 is 2.06 bits per heavy atom. The third kappa shape index (κ3) is 2.75. The van der Waals surface area contributed by atoms with Gasteiger partial charge in [-0.1, -0.05) is 24.4 Å². The van der Waals surface area contributed by atoms with Crippen LogP contribution in [0.4, 0.5) is 0 Å². The Balaban J connectivity index is 2.53. The first-order chi connectivity index (χ1) is 8.74. The zero-order valence-electron chi connectivity index (χ0n) is 10.3. The van der Waals surface area contributed by atoms with Gasteiger partial charge in [0.1, 0.15) is 22.8 Å². The van der Waals surface area contributed by atoms with E-state index >= 15 is 0 Å². The number of hydrogen-bond donors (Lipinski definition) is 1. The number of rotatable bonds is 4. The Morgan fingerprint density at radius 3 is 2.78 bits per heavy atom. The molecule has 0 fully saturated rings. The molecule has 0 aliphatic rings. The molecular weight excluding hydrogens is 248 g/mol. The molecule has 0 aliphatic carbocycles. The molecule has 0 spiro atoms.